The van der Waals surface area contributed by atoms with Crippen LogP contribution in [-0.4, -0.2) is 60.8 Å². The van der Waals surface area contributed by atoms with Crippen LogP contribution in [-0.2, 0) is 17.8 Å². The summed E-state index contributed by atoms with van der Waals surface area (Å²) < 4.78 is 25.9. The number of hydrogen-bond acceptors (Lipinski definition) is 8. The zero-order valence-electron chi connectivity index (χ0n) is 22.5. The van der Waals surface area contributed by atoms with Gasteiger partial charge in [0, 0.05) is 42.0 Å². The van der Waals surface area contributed by atoms with Crippen LogP contribution in [0.5, 0.6) is 5.75 Å². The molecule has 0 bridgehead atoms. The number of anilines is 2. The van der Waals surface area contributed by atoms with Crippen LogP contribution < -0.4 is 15.4 Å². The zero-order chi connectivity index (χ0) is 28.0. The molecule has 3 heterocycles. The summed E-state index contributed by atoms with van der Waals surface area (Å²) in [7, 11) is 0. The maximum atomic E-state index is 13.5. The molecular formula is C31H31ClFN5O2S. The van der Waals surface area contributed by atoms with E-state index in [-0.39, 0.29) is 12.4 Å². The van der Waals surface area contributed by atoms with Gasteiger partial charge in [0.2, 0.25) is 0 Å². The number of hydrogen-bond donors (Lipinski definition) is 2. The number of aromatic nitrogens is 2. The van der Waals surface area contributed by atoms with E-state index in [1.54, 1.807) is 35.9 Å². The fourth-order valence-corrected chi connectivity index (χ4v) is 6.28. The Hall–Kier alpha value is -3.34. The zero-order valence-corrected chi connectivity index (χ0v) is 24.1. The lowest BCUT2D eigenvalue weighted by Gasteiger charge is -2.26. The molecule has 3 aromatic carbocycles. The van der Waals surface area contributed by atoms with E-state index in [1.807, 2.05) is 12.1 Å². The molecule has 212 valence electrons. The fourth-order valence-electron chi connectivity index (χ4n) is 4.94. The van der Waals surface area contributed by atoms with Crippen molar-refractivity contribution in [2.45, 2.75) is 13.0 Å². The quantitative estimate of drug-likeness (QED) is 0.172. The minimum Gasteiger partial charge on any atom is -0.487 e. The summed E-state index contributed by atoms with van der Waals surface area (Å²) in [6.07, 6.45) is 2.55. The maximum absolute atomic E-state index is 13.5. The molecule has 0 radical (unpaired) electrons. The van der Waals surface area contributed by atoms with Gasteiger partial charge in [-0.25, -0.2) is 14.4 Å². The maximum Gasteiger partial charge on any atom is 0.143 e. The molecule has 0 spiro atoms. The second-order valence-electron chi connectivity index (χ2n) is 9.98. The van der Waals surface area contributed by atoms with Gasteiger partial charge in [-0.15, -0.1) is 11.3 Å². The molecule has 6 rings (SSSR count). The van der Waals surface area contributed by atoms with Crippen LogP contribution in [0.1, 0.15) is 11.1 Å². The molecule has 7 nitrogen and oxygen atoms in total. The average molecular weight is 592 g/mol. The molecule has 5 aromatic rings. The third-order valence-corrected chi connectivity index (χ3v) is 8.47. The molecule has 0 aliphatic carbocycles. The fraction of sp³-hybridized carbons (Fsp3) is 0.290. The standard InChI is InChI=1S/C31H31ClFN5O2S/c32-26-18-24(5-7-27(26)40-19-22-2-1-3-23(33)16-22)37-30-29-25-6-4-21(17-28(25)41-31(29)36-20-35-30)8-9-34-10-11-38-12-14-39-15-13-38/h1-7,16-18,20,34H,8-15,19H2,(H,35,36,37). The Kier molecular flexibility index (Phi) is 8.88. The van der Waals surface area contributed by atoms with Gasteiger partial charge in [0.05, 0.1) is 23.6 Å². The van der Waals surface area contributed by atoms with Gasteiger partial charge >= 0.3 is 0 Å². The van der Waals surface area contributed by atoms with Gasteiger partial charge in [-0.3, -0.25) is 4.90 Å². The van der Waals surface area contributed by atoms with E-state index in [0.717, 1.165) is 85.0 Å². The Labute approximate surface area is 247 Å². The number of nitrogens with one attached hydrogen (secondary N) is 2. The highest BCUT2D eigenvalue weighted by atomic mass is 35.5. The minimum absolute atomic E-state index is 0.226. The van der Waals surface area contributed by atoms with E-state index in [2.05, 4.69) is 43.7 Å². The summed E-state index contributed by atoms with van der Waals surface area (Å²) in [5.74, 6) is 0.957. The molecule has 41 heavy (non-hydrogen) atoms. The predicted molar refractivity (Wildman–Crippen MR) is 164 cm³/mol. The van der Waals surface area contributed by atoms with Gasteiger partial charge in [-0.05, 0) is 60.5 Å². The average Bonchev–Trinajstić information content (AvgIpc) is 3.36. The summed E-state index contributed by atoms with van der Waals surface area (Å²) >= 11 is 8.19. The monoisotopic (exact) mass is 591 g/mol. The van der Waals surface area contributed by atoms with Crippen LogP contribution >= 0.6 is 22.9 Å². The number of rotatable bonds is 11. The first-order valence-electron chi connectivity index (χ1n) is 13.7. The topological polar surface area (TPSA) is 71.5 Å². The number of thiophene rings is 1. The number of ether oxygens (including phenoxy) is 2. The molecule has 1 aliphatic heterocycles. The first kappa shape index (κ1) is 27.8. The number of nitrogens with zero attached hydrogens (tertiary/aromatic N) is 3. The summed E-state index contributed by atoms with van der Waals surface area (Å²) in [5, 5.41) is 9.55. The Balaban J connectivity index is 1.10. The molecule has 0 unspecified atom stereocenters. The SMILES string of the molecule is Fc1cccc(COc2ccc(Nc3ncnc4sc5cc(CCNCCN6CCOCC6)ccc5c34)cc2Cl)c1. The van der Waals surface area contributed by atoms with E-state index in [1.165, 1.54) is 22.4 Å². The molecule has 2 N–H and O–H groups in total. The lowest BCUT2D eigenvalue weighted by atomic mass is 10.1. The lowest BCUT2D eigenvalue weighted by Crippen LogP contribution is -2.40. The molecule has 2 aromatic heterocycles. The second kappa shape index (κ2) is 13.1. The largest absolute Gasteiger partial charge is 0.487 e. The van der Waals surface area contributed by atoms with Crippen LogP contribution in [0.15, 0.2) is 67.0 Å². The van der Waals surface area contributed by atoms with Crippen molar-refractivity contribution >= 4 is 54.7 Å². The summed E-state index contributed by atoms with van der Waals surface area (Å²) in [6.45, 7) is 6.93. The Bertz CT molecular complexity index is 1640. The van der Waals surface area contributed by atoms with Crippen molar-refractivity contribution in [3.63, 3.8) is 0 Å². The number of halogens is 2. The van der Waals surface area contributed by atoms with Crippen molar-refractivity contribution in [3.8, 4) is 5.75 Å². The molecule has 1 saturated heterocycles. The first-order chi connectivity index (χ1) is 20.1. The summed E-state index contributed by atoms with van der Waals surface area (Å²) in [6, 6.07) is 18.4. The van der Waals surface area contributed by atoms with Gasteiger partial charge in [-0.1, -0.05) is 35.9 Å². The first-order valence-corrected chi connectivity index (χ1v) is 14.9. The molecule has 1 fully saturated rings. The highest BCUT2D eigenvalue weighted by Crippen LogP contribution is 2.38. The van der Waals surface area contributed by atoms with Crippen LogP contribution in [0.25, 0.3) is 20.3 Å². The van der Waals surface area contributed by atoms with Gasteiger partial charge in [-0.2, -0.15) is 0 Å². The Morgan fingerprint density at radius 3 is 2.76 bits per heavy atom. The van der Waals surface area contributed by atoms with Crippen LogP contribution in [0.2, 0.25) is 5.02 Å². The van der Waals surface area contributed by atoms with Crippen molar-refractivity contribution in [1.29, 1.82) is 0 Å². The van der Waals surface area contributed by atoms with Gasteiger partial charge in [0.1, 0.15) is 35.1 Å². The highest BCUT2D eigenvalue weighted by molar-refractivity contribution is 7.25. The summed E-state index contributed by atoms with van der Waals surface area (Å²) in [5.41, 5.74) is 2.82. The van der Waals surface area contributed by atoms with Crippen LogP contribution in [0.4, 0.5) is 15.9 Å². The predicted octanol–water partition coefficient (Wildman–Crippen LogP) is 6.42. The van der Waals surface area contributed by atoms with E-state index in [9.17, 15) is 4.39 Å². The molecule has 0 saturated carbocycles. The minimum atomic E-state index is -0.294. The number of fused-ring (bicyclic) bond motifs is 3. The lowest BCUT2D eigenvalue weighted by molar-refractivity contribution is 0.0385. The van der Waals surface area contributed by atoms with Crippen molar-refractivity contribution in [3.05, 3.63) is 89.0 Å². The van der Waals surface area contributed by atoms with Crippen molar-refractivity contribution < 1.29 is 13.9 Å². The second-order valence-corrected chi connectivity index (χ2v) is 11.4. The third-order valence-electron chi connectivity index (χ3n) is 7.11. The molecule has 0 atom stereocenters. The van der Waals surface area contributed by atoms with Crippen LogP contribution in [0, 0.1) is 5.82 Å². The van der Waals surface area contributed by atoms with Gasteiger partial charge in [0.25, 0.3) is 0 Å². The summed E-state index contributed by atoms with van der Waals surface area (Å²) in [4.78, 5) is 12.5. The van der Waals surface area contributed by atoms with E-state index < -0.39 is 0 Å². The molecule has 10 heteroatoms. The Morgan fingerprint density at radius 1 is 1.00 bits per heavy atom. The van der Waals surface area contributed by atoms with Gasteiger partial charge < -0.3 is 20.1 Å². The smallest absolute Gasteiger partial charge is 0.143 e. The number of benzene rings is 3. The van der Waals surface area contributed by atoms with Gasteiger partial charge in [0.15, 0.2) is 0 Å². The van der Waals surface area contributed by atoms with Crippen molar-refractivity contribution in [2.24, 2.45) is 0 Å². The van der Waals surface area contributed by atoms with E-state index in [4.69, 9.17) is 21.1 Å². The molecule has 0 amide bonds. The highest BCUT2D eigenvalue weighted by Gasteiger charge is 2.14. The van der Waals surface area contributed by atoms with Crippen LogP contribution in [0.3, 0.4) is 0 Å². The molecule has 1 aliphatic rings. The third kappa shape index (κ3) is 6.94. The van der Waals surface area contributed by atoms with E-state index >= 15 is 0 Å². The normalized spacial score (nSPS) is 14.1. The molecular weight excluding hydrogens is 561 g/mol. The van der Waals surface area contributed by atoms with Crippen molar-refractivity contribution in [1.82, 2.24) is 20.2 Å². The van der Waals surface area contributed by atoms with E-state index in [0.29, 0.717) is 10.8 Å². The number of morpholine rings is 1. The Morgan fingerprint density at radius 2 is 1.90 bits per heavy atom. The van der Waals surface area contributed by atoms with Crippen molar-refractivity contribution in [2.75, 3.05) is 51.3 Å².